The normalized spacial score (nSPS) is 15.7. The number of pyridine rings is 1. The van der Waals surface area contributed by atoms with Crippen LogP contribution in [0.5, 0.6) is 0 Å². The van der Waals surface area contributed by atoms with Gasteiger partial charge in [0.15, 0.2) is 0 Å². The molecule has 0 unspecified atom stereocenters. The maximum Gasteiger partial charge on any atom is 0.337 e. The van der Waals surface area contributed by atoms with Crippen LogP contribution in [0.25, 0.3) is 0 Å². The van der Waals surface area contributed by atoms with E-state index in [1.54, 1.807) is 0 Å². The molecular formula is C14H22N4O2. The lowest BCUT2D eigenvalue weighted by Crippen LogP contribution is -2.33. The zero-order chi connectivity index (χ0) is 14.5. The van der Waals surface area contributed by atoms with E-state index < -0.39 is 5.97 Å². The van der Waals surface area contributed by atoms with Crippen molar-refractivity contribution >= 4 is 17.5 Å². The fraction of sp³-hybridized carbons (Fsp3) is 0.571. The third-order valence-electron chi connectivity index (χ3n) is 3.87. The quantitative estimate of drug-likeness (QED) is 0.733. The molecule has 0 amide bonds. The maximum atomic E-state index is 10.8. The Hall–Kier alpha value is -1.82. The molecule has 0 bridgehead atoms. The van der Waals surface area contributed by atoms with E-state index >= 15 is 0 Å². The number of nitrogens with two attached hydrogens (primary N) is 1. The molecule has 1 aromatic heterocycles. The first-order valence-corrected chi connectivity index (χ1v) is 7.01. The van der Waals surface area contributed by atoms with Gasteiger partial charge in [0.25, 0.3) is 0 Å². The highest BCUT2D eigenvalue weighted by Gasteiger charge is 2.18. The minimum Gasteiger partial charge on any atom is -0.478 e. The number of hydrogen-bond donors (Lipinski definition) is 3. The summed E-state index contributed by atoms with van der Waals surface area (Å²) in [5.41, 5.74) is 6.27. The number of anilines is 2. The van der Waals surface area contributed by atoms with Crippen LogP contribution in [-0.2, 0) is 0 Å². The van der Waals surface area contributed by atoms with Gasteiger partial charge in [0.2, 0.25) is 0 Å². The van der Waals surface area contributed by atoms with Gasteiger partial charge in [0, 0.05) is 25.3 Å². The van der Waals surface area contributed by atoms with Crippen LogP contribution >= 0.6 is 0 Å². The number of carboxylic acids is 1. The van der Waals surface area contributed by atoms with Gasteiger partial charge in [-0.25, -0.2) is 9.78 Å². The largest absolute Gasteiger partial charge is 0.478 e. The highest BCUT2D eigenvalue weighted by molar-refractivity contribution is 5.89. The summed E-state index contributed by atoms with van der Waals surface area (Å²) >= 11 is 0. The van der Waals surface area contributed by atoms with E-state index in [0.717, 1.165) is 13.1 Å². The Morgan fingerprint density at radius 3 is 2.85 bits per heavy atom. The number of rotatable bonds is 6. The van der Waals surface area contributed by atoms with Crippen LogP contribution in [-0.4, -0.2) is 47.1 Å². The van der Waals surface area contributed by atoms with Crippen LogP contribution in [0.2, 0.25) is 0 Å². The lowest BCUT2D eigenvalue weighted by molar-refractivity contribution is 0.0696. The van der Waals surface area contributed by atoms with E-state index in [1.807, 2.05) is 0 Å². The van der Waals surface area contributed by atoms with Gasteiger partial charge in [-0.15, -0.1) is 0 Å². The Labute approximate surface area is 119 Å². The molecule has 1 saturated carbocycles. The molecule has 1 heterocycles. The van der Waals surface area contributed by atoms with Gasteiger partial charge in [-0.1, -0.05) is 12.8 Å². The van der Waals surface area contributed by atoms with Crippen LogP contribution in [0.1, 0.15) is 36.0 Å². The third kappa shape index (κ3) is 3.60. The molecule has 4 N–H and O–H groups in total. The summed E-state index contributed by atoms with van der Waals surface area (Å²) in [4.78, 5) is 17.2. The fourth-order valence-corrected chi connectivity index (χ4v) is 2.62. The second kappa shape index (κ2) is 6.56. The van der Waals surface area contributed by atoms with E-state index in [1.165, 1.54) is 37.9 Å². The Balaban J connectivity index is 1.83. The molecule has 6 heteroatoms. The van der Waals surface area contributed by atoms with E-state index in [4.69, 9.17) is 10.8 Å². The number of aromatic carboxylic acids is 1. The lowest BCUT2D eigenvalue weighted by atomic mass is 10.2. The minimum atomic E-state index is -1.02. The van der Waals surface area contributed by atoms with Crippen molar-refractivity contribution in [1.29, 1.82) is 0 Å². The number of nitrogens with zero attached hydrogens (tertiary/aromatic N) is 2. The maximum absolute atomic E-state index is 10.8. The molecule has 110 valence electrons. The van der Waals surface area contributed by atoms with E-state index in [2.05, 4.69) is 22.2 Å². The summed E-state index contributed by atoms with van der Waals surface area (Å²) < 4.78 is 0. The van der Waals surface area contributed by atoms with Crippen molar-refractivity contribution in [2.75, 3.05) is 31.2 Å². The molecule has 0 aliphatic heterocycles. The van der Waals surface area contributed by atoms with Crippen molar-refractivity contribution in [1.82, 2.24) is 9.88 Å². The Bertz CT molecular complexity index is 472. The van der Waals surface area contributed by atoms with E-state index in [9.17, 15) is 4.79 Å². The zero-order valence-electron chi connectivity index (χ0n) is 11.8. The SMILES string of the molecule is CN(CCNc1ncc(C(=O)O)cc1N)C1CCCC1. The van der Waals surface area contributed by atoms with Crippen molar-refractivity contribution in [3.63, 3.8) is 0 Å². The zero-order valence-corrected chi connectivity index (χ0v) is 11.8. The third-order valence-corrected chi connectivity index (χ3v) is 3.87. The van der Waals surface area contributed by atoms with Gasteiger partial charge in [-0.2, -0.15) is 0 Å². The van der Waals surface area contributed by atoms with Gasteiger partial charge >= 0.3 is 5.97 Å². The van der Waals surface area contributed by atoms with Crippen LogP contribution in [0.4, 0.5) is 11.5 Å². The van der Waals surface area contributed by atoms with Gasteiger partial charge in [0.05, 0.1) is 11.3 Å². The minimum absolute atomic E-state index is 0.108. The van der Waals surface area contributed by atoms with Gasteiger partial charge in [0.1, 0.15) is 5.82 Å². The molecule has 1 aromatic rings. The average molecular weight is 278 g/mol. The molecule has 0 radical (unpaired) electrons. The number of nitrogen functional groups attached to an aromatic ring is 1. The number of carbonyl (C=O) groups is 1. The monoisotopic (exact) mass is 278 g/mol. The molecule has 0 atom stereocenters. The van der Waals surface area contributed by atoms with Gasteiger partial charge in [-0.3, -0.25) is 0 Å². The van der Waals surface area contributed by atoms with E-state index in [-0.39, 0.29) is 5.56 Å². The molecule has 20 heavy (non-hydrogen) atoms. The molecule has 0 saturated heterocycles. The molecule has 0 aromatic carbocycles. The molecule has 2 rings (SSSR count). The molecular weight excluding hydrogens is 256 g/mol. The summed E-state index contributed by atoms with van der Waals surface area (Å²) in [6, 6.07) is 2.12. The lowest BCUT2D eigenvalue weighted by Gasteiger charge is -2.24. The summed E-state index contributed by atoms with van der Waals surface area (Å²) in [6.07, 6.45) is 6.54. The standard InChI is InChI=1S/C14H22N4O2/c1-18(11-4-2-3-5-11)7-6-16-13-12(15)8-10(9-17-13)14(19)20/h8-9,11H,2-7,15H2,1H3,(H,16,17)(H,19,20). The molecule has 1 aliphatic carbocycles. The first-order valence-electron chi connectivity index (χ1n) is 7.01. The average Bonchev–Trinajstić information content (AvgIpc) is 2.94. The van der Waals surface area contributed by atoms with Crippen LogP contribution < -0.4 is 11.1 Å². The van der Waals surface area contributed by atoms with Crippen molar-refractivity contribution in [2.24, 2.45) is 0 Å². The number of aromatic nitrogens is 1. The van der Waals surface area contributed by atoms with Crippen molar-refractivity contribution in [3.8, 4) is 0 Å². The second-order valence-electron chi connectivity index (χ2n) is 5.31. The highest BCUT2D eigenvalue weighted by Crippen LogP contribution is 2.22. The van der Waals surface area contributed by atoms with Crippen molar-refractivity contribution < 1.29 is 9.90 Å². The first-order chi connectivity index (χ1) is 9.58. The summed E-state index contributed by atoms with van der Waals surface area (Å²) in [6.45, 7) is 1.67. The summed E-state index contributed by atoms with van der Waals surface area (Å²) in [7, 11) is 2.14. The topological polar surface area (TPSA) is 91.5 Å². The smallest absolute Gasteiger partial charge is 0.337 e. The van der Waals surface area contributed by atoms with E-state index in [0.29, 0.717) is 17.5 Å². The summed E-state index contributed by atoms with van der Waals surface area (Å²) in [5, 5.41) is 12.0. The molecule has 6 nitrogen and oxygen atoms in total. The van der Waals surface area contributed by atoms with Crippen LogP contribution in [0.3, 0.4) is 0 Å². The molecule has 0 spiro atoms. The Morgan fingerprint density at radius 1 is 1.55 bits per heavy atom. The predicted molar refractivity (Wildman–Crippen MR) is 79.0 cm³/mol. The number of hydrogen-bond acceptors (Lipinski definition) is 5. The van der Waals surface area contributed by atoms with Crippen molar-refractivity contribution in [2.45, 2.75) is 31.7 Å². The summed E-state index contributed by atoms with van der Waals surface area (Å²) in [5.74, 6) is -0.466. The fourth-order valence-electron chi connectivity index (χ4n) is 2.62. The highest BCUT2D eigenvalue weighted by atomic mass is 16.4. The van der Waals surface area contributed by atoms with Gasteiger partial charge in [-0.05, 0) is 26.0 Å². The van der Waals surface area contributed by atoms with Crippen LogP contribution in [0, 0.1) is 0 Å². The molecule has 1 fully saturated rings. The number of nitrogens with one attached hydrogen (secondary N) is 1. The first kappa shape index (κ1) is 14.6. The Morgan fingerprint density at radius 2 is 2.25 bits per heavy atom. The number of carboxylic acid groups (broad SMARTS) is 1. The van der Waals surface area contributed by atoms with Crippen molar-refractivity contribution in [3.05, 3.63) is 17.8 Å². The van der Waals surface area contributed by atoms with Gasteiger partial charge < -0.3 is 21.1 Å². The molecule has 1 aliphatic rings. The Kier molecular flexibility index (Phi) is 4.79. The second-order valence-corrected chi connectivity index (χ2v) is 5.31. The predicted octanol–water partition coefficient (Wildman–Crippen LogP) is 1.65. The van der Waals surface area contributed by atoms with Crippen LogP contribution in [0.15, 0.2) is 12.3 Å². The number of likely N-dealkylation sites (N-methyl/N-ethyl adjacent to an activating group) is 1.